The van der Waals surface area contributed by atoms with Gasteiger partial charge in [0.1, 0.15) is 5.75 Å². The summed E-state index contributed by atoms with van der Waals surface area (Å²) >= 11 is 0. The first-order valence-corrected chi connectivity index (χ1v) is 5.86. The smallest absolute Gasteiger partial charge is 0.189 e. The molecule has 1 aliphatic carbocycles. The predicted octanol–water partition coefficient (Wildman–Crippen LogP) is 1.98. The van der Waals surface area contributed by atoms with Crippen LogP contribution in [-0.4, -0.2) is 12.3 Å². The predicted molar refractivity (Wildman–Crippen MR) is 61.2 cm³/mol. The molecule has 0 aromatic heterocycles. The number of benzene rings is 1. The summed E-state index contributed by atoms with van der Waals surface area (Å²) in [4.78, 5) is 0. The van der Waals surface area contributed by atoms with Crippen molar-refractivity contribution in [2.24, 2.45) is 5.73 Å². The molecule has 16 heavy (non-hydrogen) atoms. The summed E-state index contributed by atoms with van der Waals surface area (Å²) in [5.74, 6) is 0.977. The Morgan fingerprint density at radius 3 is 3.00 bits per heavy atom. The summed E-state index contributed by atoms with van der Waals surface area (Å²) in [7, 11) is 0. The quantitative estimate of drug-likeness (QED) is 0.845. The Labute approximate surface area is 95.5 Å². The van der Waals surface area contributed by atoms with E-state index in [4.69, 9.17) is 15.2 Å². The molecule has 0 amide bonds. The lowest BCUT2D eigenvalue weighted by Crippen LogP contribution is -2.22. The van der Waals surface area contributed by atoms with E-state index in [9.17, 15) is 0 Å². The molecule has 0 radical (unpaired) electrons. The van der Waals surface area contributed by atoms with Crippen molar-refractivity contribution in [3.8, 4) is 5.75 Å². The SMILES string of the molecule is NC1(CCc2ccc3c(c2)OCOC3)CC1. The minimum atomic E-state index is 0.139. The maximum atomic E-state index is 6.08. The zero-order chi connectivity index (χ0) is 11.0. The molecular formula is C13H17NO2. The molecule has 1 aromatic rings. The molecule has 1 fully saturated rings. The van der Waals surface area contributed by atoms with Crippen molar-refractivity contribution in [1.82, 2.24) is 0 Å². The minimum absolute atomic E-state index is 0.139. The lowest BCUT2D eigenvalue weighted by atomic mass is 10.0. The second kappa shape index (κ2) is 3.75. The number of hydrogen-bond acceptors (Lipinski definition) is 3. The molecule has 3 heteroatoms. The van der Waals surface area contributed by atoms with Crippen molar-refractivity contribution in [3.05, 3.63) is 29.3 Å². The lowest BCUT2D eigenvalue weighted by molar-refractivity contribution is -0.0164. The molecule has 1 saturated carbocycles. The van der Waals surface area contributed by atoms with Crippen molar-refractivity contribution in [2.75, 3.05) is 6.79 Å². The van der Waals surface area contributed by atoms with Crippen LogP contribution in [0.2, 0.25) is 0 Å². The van der Waals surface area contributed by atoms with E-state index in [-0.39, 0.29) is 5.54 Å². The Morgan fingerprint density at radius 2 is 2.19 bits per heavy atom. The second-order valence-electron chi connectivity index (χ2n) is 4.92. The third-order valence-electron chi connectivity index (χ3n) is 3.49. The first kappa shape index (κ1) is 10.1. The summed E-state index contributed by atoms with van der Waals surface area (Å²) in [5.41, 5.74) is 8.68. The van der Waals surface area contributed by atoms with Crippen molar-refractivity contribution < 1.29 is 9.47 Å². The van der Waals surface area contributed by atoms with Gasteiger partial charge in [-0.15, -0.1) is 0 Å². The van der Waals surface area contributed by atoms with Gasteiger partial charge >= 0.3 is 0 Å². The topological polar surface area (TPSA) is 44.5 Å². The van der Waals surface area contributed by atoms with Gasteiger partial charge in [-0.05, 0) is 37.3 Å². The summed E-state index contributed by atoms with van der Waals surface area (Å²) < 4.78 is 10.7. The molecule has 2 aliphatic rings. The van der Waals surface area contributed by atoms with Crippen molar-refractivity contribution in [1.29, 1.82) is 0 Å². The van der Waals surface area contributed by atoms with Gasteiger partial charge in [0, 0.05) is 11.1 Å². The third kappa shape index (κ3) is 2.06. The molecule has 86 valence electrons. The number of nitrogens with two attached hydrogens (primary N) is 1. The van der Waals surface area contributed by atoms with Gasteiger partial charge in [0.05, 0.1) is 6.61 Å². The molecule has 0 bridgehead atoms. The summed E-state index contributed by atoms with van der Waals surface area (Å²) in [5, 5.41) is 0. The van der Waals surface area contributed by atoms with Crippen molar-refractivity contribution in [3.63, 3.8) is 0 Å². The van der Waals surface area contributed by atoms with Gasteiger partial charge < -0.3 is 15.2 Å². The molecule has 3 rings (SSSR count). The van der Waals surface area contributed by atoms with E-state index in [0.29, 0.717) is 13.4 Å². The highest BCUT2D eigenvalue weighted by Crippen LogP contribution is 2.37. The monoisotopic (exact) mass is 219 g/mol. The van der Waals surface area contributed by atoms with Gasteiger partial charge in [-0.2, -0.15) is 0 Å². The average molecular weight is 219 g/mol. The lowest BCUT2D eigenvalue weighted by Gasteiger charge is -2.18. The summed E-state index contributed by atoms with van der Waals surface area (Å²) in [6.07, 6.45) is 4.50. The minimum Gasteiger partial charge on any atom is -0.467 e. The fourth-order valence-corrected chi connectivity index (χ4v) is 2.07. The molecule has 0 spiro atoms. The van der Waals surface area contributed by atoms with E-state index in [2.05, 4.69) is 18.2 Å². The van der Waals surface area contributed by atoms with Crippen LogP contribution in [0.1, 0.15) is 30.4 Å². The normalized spacial score (nSPS) is 21.1. The first-order chi connectivity index (χ1) is 7.75. The van der Waals surface area contributed by atoms with Crippen LogP contribution >= 0.6 is 0 Å². The van der Waals surface area contributed by atoms with Crippen LogP contribution in [-0.2, 0) is 17.8 Å². The summed E-state index contributed by atoms with van der Waals surface area (Å²) in [6.45, 7) is 1.04. The van der Waals surface area contributed by atoms with Gasteiger partial charge in [-0.25, -0.2) is 0 Å². The van der Waals surface area contributed by atoms with Crippen molar-refractivity contribution in [2.45, 2.75) is 37.8 Å². The van der Waals surface area contributed by atoms with Gasteiger partial charge in [0.15, 0.2) is 6.79 Å². The zero-order valence-corrected chi connectivity index (χ0v) is 9.37. The highest BCUT2D eigenvalue weighted by Gasteiger charge is 2.37. The van der Waals surface area contributed by atoms with Crippen LogP contribution in [0.3, 0.4) is 0 Å². The van der Waals surface area contributed by atoms with E-state index in [1.165, 1.54) is 18.4 Å². The third-order valence-corrected chi connectivity index (χ3v) is 3.49. The highest BCUT2D eigenvalue weighted by atomic mass is 16.7. The van der Waals surface area contributed by atoms with Gasteiger partial charge in [-0.3, -0.25) is 0 Å². The Bertz CT molecular complexity index is 399. The Hall–Kier alpha value is -1.06. The fourth-order valence-electron chi connectivity index (χ4n) is 2.07. The van der Waals surface area contributed by atoms with Gasteiger partial charge in [0.25, 0.3) is 0 Å². The van der Waals surface area contributed by atoms with Gasteiger partial charge in [-0.1, -0.05) is 12.1 Å². The zero-order valence-electron chi connectivity index (χ0n) is 9.37. The molecule has 3 nitrogen and oxygen atoms in total. The first-order valence-electron chi connectivity index (χ1n) is 5.86. The van der Waals surface area contributed by atoms with E-state index < -0.39 is 0 Å². The van der Waals surface area contributed by atoms with Crippen LogP contribution in [0.5, 0.6) is 5.75 Å². The fraction of sp³-hybridized carbons (Fsp3) is 0.538. The average Bonchev–Trinajstić information content (AvgIpc) is 3.05. The number of rotatable bonds is 3. The molecule has 0 atom stereocenters. The van der Waals surface area contributed by atoms with Crippen LogP contribution in [0.25, 0.3) is 0 Å². The second-order valence-corrected chi connectivity index (χ2v) is 4.92. The van der Waals surface area contributed by atoms with Crippen molar-refractivity contribution >= 4 is 0 Å². The number of aryl methyl sites for hydroxylation is 1. The Kier molecular flexibility index (Phi) is 2.37. The molecule has 2 N–H and O–H groups in total. The number of hydrogen-bond donors (Lipinski definition) is 1. The largest absolute Gasteiger partial charge is 0.467 e. The van der Waals surface area contributed by atoms with Crippen LogP contribution in [0.15, 0.2) is 18.2 Å². The van der Waals surface area contributed by atoms with E-state index >= 15 is 0 Å². The van der Waals surface area contributed by atoms with E-state index in [1.807, 2.05) is 0 Å². The maximum Gasteiger partial charge on any atom is 0.189 e. The van der Waals surface area contributed by atoms with Crippen LogP contribution in [0.4, 0.5) is 0 Å². The standard InChI is InChI=1S/C13H17NO2/c14-13(5-6-13)4-3-10-1-2-11-8-15-9-16-12(11)7-10/h1-2,7H,3-6,8-9,14H2. The number of ether oxygens (including phenoxy) is 2. The van der Waals surface area contributed by atoms with Crippen LogP contribution < -0.4 is 10.5 Å². The Balaban J connectivity index is 1.70. The molecular weight excluding hydrogens is 202 g/mol. The Morgan fingerprint density at radius 1 is 1.31 bits per heavy atom. The molecule has 0 unspecified atom stereocenters. The molecule has 1 aromatic carbocycles. The molecule has 1 aliphatic heterocycles. The van der Waals surface area contributed by atoms with Gasteiger partial charge in [0.2, 0.25) is 0 Å². The molecule has 1 heterocycles. The summed E-state index contributed by atoms with van der Waals surface area (Å²) in [6, 6.07) is 6.38. The maximum absolute atomic E-state index is 6.08. The van der Waals surface area contributed by atoms with Crippen LogP contribution in [0, 0.1) is 0 Å². The number of fused-ring (bicyclic) bond motifs is 1. The van der Waals surface area contributed by atoms with E-state index in [0.717, 1.165) is 24.2 Å². The molecule has 0 saturated heterocycles. The van der Waals surface area contributed by atoms with E-state index in [1.54, 1.807) is 0 Å². The highest BCUT2D eigenvalue weighted by molar-refractivity contribution is 5.38.